The molecule has 0 aromatic heterocycles. The van der Waals surface area contributed by atoms with E-state index in [2.05, 4.69) is 42.2 Å². The third kappa shape index (κ3) is 18.8. The van der Waals surface area contributed by atoms with E-state index in [1.807, 2.05) is 0 Å². The van der Waals surface area contributed by atoms with Gasteiger partial charge in [-0.15, -0.1) is 9.81 Å². The van der Waals surface area contributed by atoms with E-state index in [-0.39, 0.29) is 39.9 Å². The van der Waals surface area contributed by atoms with Crippen LogP contribution < -0.4 is 0 Å². The molecule has 2 rings (SSSR count). The van der Waals surface area contributed by atoms with Crippen molar-refractivity contribution in [2.45, 2.75) is 13.8 Å². The topological polar surface area (TPSA) is 174 Å². The average molecular weight is 588 g/mol. The van der Waals surface area contributed by atoms with E-state index in [0.29, 0.717) is 0 Å². The monoisotopic (exact) mass is 585 g/mol. The second kappa shape index (κ2) is 17.7. The molecule has 0 spiro atoms. The van der Waals surface area contributed by atoms with Crippen LogP contribution in [-0.2, 0) is 26.7 Å². The van der Waals surface area contributed by atoms with Crippen LogP contribution >= 0.6 is 31.9 Å². The van der Waals surface area contributed by atoms with Crippen LogP contribution in [0.15, 0.2) is 55.7 Å². The number of hydrogen-bond acceptors (Lipinski definition) is 8. The molecule has 29 heavy (non-hydrogen) atoms. The van der Waals surface area contributed by atoms with Crippen molar-refractivity contribution in [1.82, 2.24) is 0 Å². The summed E-state index contributed by atoms with van der Waals surface area (Å²) in [7, 11) is 0. The van der Waals surface area contributed by atoms with Gasteiger partial charge in [0, 0.05) is 39.9 Å². The van der Waals surface area contributed by atoms with E-state index < -0.39 is 11.9 Å². The number of aromatic hydroxyl groups is 2. The van der Waals surface area contributed by atoms with Crippen molar-refractivity contribution in [3.63, 3.8) is 0 Å². The molecule has 10 nitrogen and oxygen atoms in total. The maximum absolute atomic E-state index is 9.95. The van der Waals surface area contributed by atoms with Crippen molar-refractivity contribution in [2.24, 2.45) is 10.4 Å². The quantitative estimate of drug-likeness (QED) is 0.271. The fourth-order valence-corrected chi connectivity index (χ4v) is 1.84. The zero-order valence-corrected chi connectivity index (χ0v) is 19.0. The molecule has 0 aliphatic heterocycles. The van der Waals surface area contributed by atoms with Crippen molar-refractivity contribution in [1.29, 1.82) is 0 Å². The summed E-state index contributed by atoms with van der Waals surface area (Å²) in [6.45, 7) is 2.17. The van der Waals surface area contributed by atoms with Crippen molar-refractivity contribution in [3.8, 4) is 11.5 Å². The summed E-state index contributed by atoms with van der Waals surface area (Å²) in [4.78, 5) is 37.9. The molecule has 0 saturated carbocycles. The molecular formula is C16H16Br2CuN2O8. The number of halogens is 2. The van der Waals surface area contributed by atoms with E-state index in [0.717, 1.165) is 22.8 Å². The molecule has 0 unspecified atom stereocenters. The minimum Gasteiger partial charge on any atom is -0.506 e. The number of carboxylic acid groups (broad SMARTS) is 2. The Labute approximate surface area is 192 Å². The Bertz CT molecular complexity index is 746. The van der Waals surface area contributed by atoms with E-state index >= 15 is 0 Å². The Morgan fingerprint density at radius 2 is 1.00 bits per heavy atom. The Balaban J connectivity index is -0.000000336. The molecule has 0 fully saturated rings. The minimum absolute atomic E-state index is 0. The molecule has 0 amide bonds. The predicted octanol–water partition coefficient (Wildman–Crippen LogP) is 5.28. The second-order valence-corrected chi connectivity index (χ2v) is 6.32. The number of carboxylic acids is 2. The van der Waals surface area contributed by atoms with Gasteiger partial charge in [-0.3, -0.25) is 9.59 Å². The standard InChI is InChI=1S/2C6H4BrNO2.2C2H4O2.Cu/c2*7-4-1-2-6(9)5(3-4)8-10;2*1-2(3)4;/h2*1-3,9H;2*1H3,(H,3,4);. The molecule has 1 radical (unpaired) electrons. The van der Waals surface area contributed by atoms with Crippen LogP contribution in [0.25, 0.3) is 0 Å². The van der Waals surface area contributed by atoms with Crippen molar-refractivity contribution >= 4 is 55.2 Å². The molecule has 0 heterocycles. The zero-order chi connectivity index (χ0) is 22.3. The fraction of sp³-hybridized carbons (Fsp3) is 0.125. The van der Waals surface area contributed by atoms with Crippen molar-refractivity contribution < 1.29 is 47.1 Å². The predicted molar refractivity (Wildman–Crippen MR) is 109 cm³/mol. The molecule has 0 bridgehead atoms. The van der Waals surface area contributed by atoms with Crippen LogP contribution in [0.4, 0.5) is 11.4 Å². The van der Waals surface area contributed by atoms with E-state index in [9.17, 15) is 9.81 Å². The summed E-state index contributed by atoms with van der Waals surface area (Å²) in [5.74, 6) is -1.86. The molecule has 0 atom stereocenters. The van der Waals surface area contributed by atoms with E-state index in [1.54, 1.807) is 12.1 Å². The molecule has 163 valence electrons. The van der Waals surface area contributed by atoms with Gasteiger partial charge in [-0.05, 0) is 46.8 Å². The number of aliphatic carboxylic acids is 2. The maximum Gasteiger partial charge on any atom is 0.300 e. The Kier molecular flexibility index (Phi) is 19.2. The smallest absolute Gasteiger partial charge is 0.300 e. The van der Waals surface area contributed by atoms with Crippen LogP contribution in [-0.4, -0.2) is 32.4 Å². The van der Waals surface area contributed by atoms with Gasteiger partial charge in [-0.1, -0.05) is 31.9 Å². The van der Waals surface area contributed by atoms with Gasteiger partial charge in [-0.25, -0.2) is 0 Å². The van der Waals surface area contributed by atoms with E-state index in [1.165, 1.54) is 24.3 Å². The zero-order valence-electron chi connectivity index (χ0n) is 14.8. The number of nitrogens with zero attached hydrogens (tertiary/aromatic N) is 2. The number of benzene rings is 2. The number of nitroso groups, excluding NO2 is 2. The van der Waals surface area contributed by atoms with Crippen molar-refractivity contribution in [2.75, 3.05) is 0 Å². The molecule has 4 N–H and O–H groups in total. The van der Waals surface area contributed by atoms with Gasteiger partial charge in [-0.2, -0.15) is 0 Å². The summed E-state index contributed by atoms with van der Waals surface area (Å²) in [6, 6.07) is 8.96. The van der Waals surface area contributed by atoms with Crippen LogP contribution in [0.3, 0.4) is 0 Å². The SMILES string of the molecule is CC(=O)O.CC(=O)O.O=Nc1cc(Br)ccc1O.O=Nc1cc(Br)ccc1O.[Cu]. The summed E-state index contributed by atoms with van der Waals surface area (Å²) in [6.07, 6.45) is 0. The van der Waals surface area contributed by atoms with Crippen LogP contribution in [0, 0.1) is 9.81 Å². The maximum atomic E-state index is 9.95. The van der Waals surface area contributed by atoms with Gasteiger partial charge in [0.05, 0.1) is 0 Å². The molecular weight excluding hydrogens is 572 g/mol. The third-order valence-corrected chi connectivity index (χ3v) is 3.06. The summed E-state index contributed by atoms with van der Waals surface area (Å²) in [5.41, 5.74) is 0.101. The Morgan fingerprint density at radius 3 is 1.17 bits per heavy atom. The molecule has 2 aromatic carbocycles. The van der Waals surface area contributed by atoms with Gasteiger partial charge >= 0.3 is 0 Å². The van der Waals surface area contributed by atoms with Crippen molar-refractivity contribution in [3.05, 3.63) is 55.2 Å². The Morgan fingerprint density at radius 1 is 0.759 bits per heavy atom. The number of phenols is 2. The first kappa shape index (κ1) is 31.4. The summed E-state index contributed by atoms with van der Waals surface area (Å²) < 4.78 is 1.44. The Hall–Kier alpha value is -2.34. The first-order chi connectivity index (χ1) is 12.9. The average Bonchev–Trinajstić information content (AvgIpc) is 2.58. The molecule has 13 heteroatoms. The fourth-order valence-electron chi connectivity index (χ4n) is 1.14. The van der Waals surface area contributed by atoms with Crippen LogP contribution in [0.2, 0.25) is 0 Å². The minimum atomic E-state index is -0.833. The number of phenolic OH excluding ortho intramolecular Hbond substituents is 2. The van der Waals surface area contributed by atoms with Gasteiger partial charge < -0.3 is 20.4 Å². The number of hydrogen-bond donors (Lipinski definition) is 4. The second-order valence-electron chi connectivity index (χ2n) is 4.49. The summed E-state index contributed by atoms with van der Waals surface area (Å²) >= 11 is 6.25. The molecule has 0 saturated heterocycles. The first-order valence-electron chi connectivity index (χ1n) is 6.97. The number of carbonyl (C=O) groups is 2. The van der Waals surface area contributed by atoms with E-state index in [4.69, 9.17) is 30.0 Å². The molecule has 2 aromatic rings. The van der Waals surface area contributed by atoms with Gasteiger partial charge in [0.2, 0.25) is 0 Å². The van der Waals surface area contributed by atoms with Gasteiger partial charge in [0.1, 0.15) is 11.5 Å². The third-order valence-electron chi connectivity index (χ3n) is 2.07. The summed E-state index contributed by atoms with van der Waals surface area (Å²) in [5, 5.41) is 37.9. The van der Waals surface area contributed by atoms with Gasteiger partial charge in [0.25, 0.3) is 11.9 Å². The van der Waals surface area contributed by atoms with Crippen LogP contribution in [0.1, 0.15) is 13.8 Å². The van der Waals surface area contributed by atoms with Gasteiger partial charge in [0.15, 0.2) is 11.4 Å². The molecule has 0 aliphatic carbocycles. The number of rotatable bonds is 2. The molecule has 0 aliphatic rings. The first-order valence-corrected chi connectivity index (χ1v) is 8.56. The van der Waals surface area contributed by atoms with Crippen LogP contribution in [0.5, 0.6) is 11.5 Å². The largest absolute Gasteiger partial charge is 0.506 e. The normalized spacial score (nSPS) is 8.14.